The lowest BCUT2D eigenvalue weighted by Gasteiger charge is -2.16. The Morgan fingerprint density at radius 2 is 1.88 bits per heavy atom. The molecular formula is C13H13ClO2. The van der Waals surface area contributed by atoms with Crippen molar-refractivity contribution in [1.82, 2.24) is 0 Å². The molecule has 0 aliphatic heterocycles. The summed E-state index contributed by atoms with van der Waals surface area (Å²) in [6.07, 6.45) is 0.870. The zero-order valence-electron chi connectivity index (χ0n) is 9.07. The largest absolute Gasteiger partial charge is 0.300 e. The molecule has 0 spiro atoms. The van der Waals surface area contributed by atoms with Gasteiger partial charge in [0.25, 0.3) is 0 Å². The molecule has 1 aromatic rings. The molecule has 1 saturated carbocycles. The van der Waals surface area contributed by atoms with Crippen LogP contribution in [-0.2, 0) is 9.59 Å². The Morgan fingerprint density at radius 1 is 1.25 bits per heavy atom. The number of carbonyl (C=O) groups excluding carboxylic acids is 2. The number of halogens is 1. The van der Waals surface area contributed by atoms with E-state index in [-0.39, 0.29) is 23.4 Å². The Labute approximate surface area is 99.6 Å². The Balaban J connectivity index is 2.28. The van der Waals surface area contributed by atoms with Crippen LogP contribution >= 0.6 is 11.6 Å². The van der Waals surface area contributed by atoms with Crippen molar-refractivity contribution in [2.75, 3.05) is 0 Å². The maximum absolute atomic E-state index is 11.5. The van der Waals surface area contributed by atoms with Crippen LogP contribution in [0.3, 0.4) is 0 Å². The molecule has 0 radical (unpaired) electrons. The molecule has 2 rings (SSSR count). The van der Waals surface area contributed by atoms with Crippen LogP contribution in [0.4, 0.5) is 0 Å². The first-order valence-corrected chi connectivity index (χ1v) is 5.73. The van der Waals surface area contributed by atoms with Crippen molar-refractivity contribution in [3.63, 3.8) is 0 Å². The first-order chi connectivity index (χ1) is 7.58. The van der Waals surface area contributed by atoms with Crippen LogP contribution in [0, 0.1) is 5.92 Å². The lowest BCUT2D eigenvalue weighted by Crippen LogP contribution is -2.14. The summed E-state index contributed by atoms with van der Waals surface area (Å²) in [5.41, 5.74) is 1.04. The number of carbonyl (C=O) groups is 2. The van der Waals surface area contributed by atoms with Gasteiger partial charge < -0.3 is 0 Å². The molecule has 16 heavy (non-hydrogen) atoms. The minimum Gasteiger partial charge on any atom is -0.300 e. The molecule has 0 bridgehead atoms. The SMILES string of the molecule is CC(=O)C1CC(=O)CC1c1ccc(Cl)cc1. The molecule has 1 aliphatic carbocycles. The number of hydrogen-bond acceptors (Lipinski definition) is 2. The van der Waals surface area contributed by atoms with Crippen LogP contribution in [0.5, 0.6) is 0 Å². The van der Waals surface area contributed by atoms with Crippen molar-refractivity contribution in [2.24, 2.45) is 5.92 Å². The summed E-state index contributed by atoms with van der Waals surface area (Å²) in [5.74, 6) is 0.182. The van der Waals surface area contributed by atoms with Gasteiger partial charge in [0, 0.05) is 29.7 Å². The fourth-order valence-electron chi connectivity index (χ4n) is 2.35. The normalized spacial score (nSPS) is 24.8. The van der Waals surface area contributed by atoms with Gasteiger partial charge in [-0.2, -0.15) is 0 Å². The zero-order valence-corrected chi connectivity index (χ0v) is 9.83. The molecule has 3 heteroatoms. The number of rotatable bonds is 2. The molecule has 0 aromatic heterocycles. The number of benzene rings is 1. The molecule has 0 N–H and O–H groups in total. The fourth-order valence-corrected chi connectivity index (χ4v) is 2.47. The minimum atomic E-state index is -0.145. The molecule has 2 unspecified atom stereocenters. The standard InChI is InChI=1S/C13H13ClO2/c1-8(15)12-6-11(16)7-13(12)9-2-4-10(14)5-3-9/h2-5,12-13H,6-7H2,1H3. The van der Waals surface area contributed by atoms with Crippen LogP contribution in [0.1, 0.15) is 31.2 Å². The first-order valence-electron chi connectivity index (χ1n) is 5.35. The first kappa shape index (κ1) is 11.3. The third-order valence-electron chi connectivity index (χ3n) is 3.20. The van der Waals surface area contributed by atoms with Crippen molar-refractivity contribution >= 4 is 23.2 Å². The second kappa shape index (κ2) is 4.38. The highest BCUT2D eigenvalue weighted by atomic mass is 35.5. The summed E-state index contributed by atoms with van der Waals surface area (Å²) in [4.78, 5) is 22.9. The summed E-state index contributed by atoms with van der Waals surface area (Å²) in [7, 11) is 0. The average Bonchev–Trinajstić information content (AvgIpc) is 2.61. The second-order valence-corrected chi connectivity index (χ2v) is 4.76. The monoisotopic (exact) mass is 236 g/mol. The molecule has 0 saturated heterocycles. The van der Waals surface area contributed by atoms with E-state index >= 15 is 0 Å². The highest BCUT2D eigenvalue weighted by Gasteiger charge is 2.36. The molecule has 84 valence electrons. The van der Waals surface area contributed by atoms with Gasteiger partial charge in [-0.15, -0.1) is 0 Å². The lowest BCUT2D eigenvalue weighted by molar-refractivity contribution is -0.123. The van der Waals surface area contributed by atoms with Crippen LogP contribution in [0.2, 0.25) is 5.02 Å². The molecule has 2 atom stereocenters. The molecule has 0 amide bonds. The van der Waals surface area contributed by atoms with Gasteiger partial charge in [-0.3, -0.25) is 9.59 Å². The third-order valence-corrected chi connectivity index (χ3v) is 3.45. The van der Waals surface area contributed by atoms with E-state index in [9.17, 15) is 9.59 Å². The quantitative estimate of drug-likeness (QED) is 0.791. The number of Topliss-reactive ketones (excluding diaryl/α,β-unsaturated/α-hetero) is 2. The van der Waals surface area contributed by atoms with E-state index in [0.717, 1.165) is 5.56 Å². The Kier molecular flexibility index (Phi) is 3.10. The average molecular weight is 237 g/mol. The smallest absolute Gasteiger partial charge is 0.134 e. The Bertz CT molecular complexity index is 422. The van der Waals surface area contributed by atoms with Gasteiger partial charge in [0.15, 0.2) is 0 Å². The molecule has 1 fully saturated rings. The predicted octanol–water partition coefficient (Wildman–Crippen LogP) is 2.99. The van der Waals surface area contributed by atoms with E-state index in [2.05, 4.69) is 0 Å². The maximum Gasteiger partial charge on any atom is 0.134 e. The van der Waals surface area contributed by atoms with Crippen LogP contribution in [0.15, 0.2) is 24.3 Å². The van der Waals surface area contributed by atoms with E-state index < -0.39 is 0 Å². The van der Waals surface area contributed by atoms with Gasteiger partial charge in [-0.1, -0.05) is 23.7 Å². The summed E-state index contributed by atoms with van der Waals surface area (Å²) in [6.45, 7) is 1.56. The summed E-state index contributed by atoms with van der Waals surface area (Å²) >= 11 is 5.81. The molecular weight excluding hydrogens is 224 g/mol. The molecule has 1 aromatic carbocycles. The lowest BCUT2D eigenvalue weighted by atomic mass is 9.87. The molecule has 0 heterocycles. The van der Waals surface area contributed by atoms with E-state index in [1.165, 1.54) is 0 Å². The molecule has 1 aliphatic rings. The number of ketones is 2. The van der Waals surface area contributed by atoms with Crippen molar-refractivity contribution in [3.8, 4) is 0 Å². The van der Waals surface area contributed by atoms with Crippen molar-refractivity contribution in [3.05, 3.63) is 34.9 Å². The van der Waals surface area contributed by atoms with Gasteiger partial charge in [0.2, 0.25) is 0 Å². The maximum atomic E-state index is 11.5. The Morgan fingerprint density at radius 3 is 2.44 bits per heavy atom. The second-order valence-electron chi connectivity index (χ2n) is 4.32. The highest BCUT2D eigenvalue weighted by molar-refractivity contribution is 6.30. The van der Waals surface area contributed by atoms with Crippen molar-refractivity contribution in [1.29, 1.82) is 0 Å². The Hall–Kier alpha value is -1.15. The van der Waals surface area contributed by atoms with Gasteiger partial charge in [-0.25, -0.2) is 0 Å². The van der Waals surface area contributed by atoms with E-state index in [0.29, 0.717) is 17.9 Å². The predicted molar refractivity (Wildman–Crippen MR) is 62.6 cm³/mol. The third kappa shape index (κ3) is 2.17. The summed E-state index contributed by atoms with van der Waals surface area (Å²) < 4.78 is 0. The zero-order chi connectivity index (χ0) is 11.7. The van der Waals surface area contributed by atoms with Crippen LogP contribution < -0.4 is 0 Å². The van der Waals surface area contributed by atoms with Crippen LogP contribution in [-0.4, -0.2) is 11.6 Å². The van der Waals surface area contributed by atoms with Gasteiger partial charge >= 0.3 is 0 Å². The van der Waals surface area contributed by atoms with Crippen molar-refractivity contribution in [2.45, 2.75) is 25.7 Å². The van der Waals surface area contributed by atoms with Crippen LogP contribution in [0.25, 0.3) is 0 Å². The summed E-state index contributed by atoms with van der Waals surface area (Å²) in [5, 5.41) is 0.674. The minimum absolute atomic E-state index is 0.0438. The van der Waals surface area contributed by atoms with E-state index in [1.807, 2.05) is 12.1 Å². The van der Waals surface area contributed by atoms with Gasteiger partial charge in [0.05, 0.1) is 0 Å². The van der Waals surface area contributed by atoms with E-state index in [4.69, 9.17) is 11.6 Å². The van der Waals surface area contributed by atoms with E-state index in [1.54, 1.807) is 19.1 Å². The van der Waals surface area contributed by atoms with Gasteiger partial charge in [0.1, 0.15) is 11.6 Å². The summed E-state index contributed by atoms with van der Waals surface area (Å²) in [6, 6.07) is 7.41. The number of hydrogen-bond donors (Lipinski definition) is 0. The van der Waals surface area contributed by atoms with Crippen molar-refractivity contribution < 1.29 is 9.59 Å². The fraction of sp³-hybridized carbons (Fsp3) is 0.385. The molecule has 2 nitrogen and oxygen atoms in total. The topological polar surface area (TPSA) is 34.1 Å². The van der Waals surface area contributed by atoms with Gasteiger partial charge in [-0.05, 0) is 24.6 Å². The highest BCUT2D eigenvalue weighted by Crippen LogP contribution is 2.38.